The van der Waals surface area contributed by atoms with Crippen molar-refractivity contribution in [1.29, 1.82) is 0 Å². The van der Waals surface area contributed by atoms with Crippen molar-refractivity contribution in [3.8, 4) is 11.4 Å². The van der Waals surface area contributed by atoms with E-state index in [1.54, 1.807) is 43.4 Å². The van der Waals surface area contributed by atoms with Crippen molar-refractivity contribution in [3.05, 3.63) is 58.6 Å². The van der Waals surface area contributed by atoms with Crippen LogP contribution in [0.4, 0.5) is 5.69 Å². The van der Waals surface area contributed by atoms with Gasteiger partial charge in [0.25, 0.3) is 0 Å². The lowest BCUT2D eigenvalue weighted by atomic mass is 10.2. The van der Waals surface area contributed by atoms with Gasteiger partial charge in [0.2, 0.25) is 17.0 Å². The number of rotatable bonds is 7. The second-order valence-corrected chi connectivity index (χ2v) is 7.83. The molecule has 3 aromatic rings. The molecule has 0 bridgehead atoms. The van der Waals surface area contributed by atoms with Crippen molar-refractivity contribution in [2.75, 3.05) is 24.7 Å². The van der Waals surface area contributed by atoms with Crippen LogP contribution >= 0.6 is 35.0 Å². The highest BCUT2D eigenvalue weighted by molar-refractivity contribution is 7.99. The van der Waals surface area contributed by atoms with Crippen molar-refractivity contribution in [3.63, 3.8) is 0 Å². The van der Waals surface area contributed by atoms with Crippen LogP contribution in [-0.2, 0) is 9.59 Å². The van der Waals surface area contributed by atoms with Gasteiger partial charge in [0.15, 0.2) is 5.82 Å². The molecule has 0 aliphatic heterocycles. The Balaban J connectivity index is 1.49. The second-order valence-electron chi connectivity index (χ2n) is 6.04. The van der Waals surface area contributed by atoms with E-state index >= 15 is 0 Å². The van der Waals surface area contributed by atoms with E-state index in [9.17, 15) is 9.59 Å². The Bertz CT molecular complexity index is 1010. The number of para-hydroxylation sites is 1. The predicted octanol–water partition coefficient (Wildman–Crippen LogP) is 3.97. The van der Waals surface area contributed by atoms with E-state index in [2.05, 4.69) is 20.5 Å². The number of halogens is 2. The molecule has 2 amide bonds. The Morgan fingerprint density at radius 2 is 1.86 bits per heavy atom. The highest BCUT2D eigenvalue weighted by Crippen LogP contribution is 2.22. The van der Waals surface area contributed by atoms with E-state index in [0.29, 0.717) is 26.7 Å². The fraction of sp³-hybridized carbons (Fsp3) is 0.158. The van der Waals surface area contributed by atoms with Crippen LogP contribution in [0.15, 0.2) is 53.7 Å². The first kappa shape index (κ1) is 21.2. The molecular weight excluding hydrogens is 433 g/mol. The Morgan fingerprint density at radius 3 is 2.59 bits per heavy atom. The zero-order chi connectivity index (χ0) is 20.8. The van der Waals surface area contributed by atoms with Crippen LogP contribution in [0.5, 0.6) is 0 Å². The van der Waals surface area contributed by atoms with Gasteiger partial charge < -0.3 is 10.2 Å². The van der Waals surface area contributed by atoms with Gasteiger partial charge in [0, 0.05) is 17.6 Å². The SMILES string of the molecule is CN(CC(=O)Nc1ccccc1Cl)C(=O)CSc1n[nH]c(-c2ccc(Cl)cc2)n1. The molecule has 1 heterocycles. The molecule has 0 fully saturated rings. The molecule has 7 nitrogen and oxygen atoms in total. The molecule has 0 saturated heterocycles. The molecule has 150 valence electrons. The number of aromatic amines is 1. The molecule has 2 N–H and O–H groups in total. The molecule has 10 heteroatoms. The molecule has 29 heavy (non-hydrogen) atoms. The van der Waals surface area contributed by atoms with Crippen molar-refractivity contribution in [2.24, 2.45) is 0 Å². The van der Waals surface area contributed by atoms with E-state index in [-0.39, 0.29) is 24.1 Å². The van der Waals surface area contributed by atoms with Gasteiger partial charge in [-0.1, -0.05) is 47.1 Å². The van der Waals surface area contributed by atoms with E-state index in [4.69, 9.17) is 23.2 Å². The molecule has 0 radical (unpaired) electrons. The van der Waals surface area contributed by atoms with Gasteiger partial charge in [-0.05, 0) is 36.4 Å². The molecule has 0 saturated carbocycles. The van der Waals surface area contributed by atoms with Crippen LogP contribution in [0.25, 0.3) is 11.4 Å². The number of carbonyl (C=O) groups is 2. The summed E-state index contributed by atoms with van der Waals surface area (Å²) in [6.45, 7) is -0.0887. The highest BCUT2D eigenvalue weighted by atomic mass is 35.5. The van der Waals surface area contributed by atoms with Crippen LogP contribution in [0.2, 0.25) is 10.0 Å². The first-order valence-corrected chi connectivity index (χ1v) is 10.3. The number of nitrogens with zero attached hydrogens (tertiary/aromatic N) is 3. The first-order valence-electron chi connectivity index (χ1n) is 8.52. The monoisotopic (exact) mass is 449 g/mol. The molecule has 3 rings (SSSR count). The van der Waals surface area contributed by atoms with Crippen LogP contribution in [0, 0.1) is 0 Å². The summed E-state index contributed by atoms with van der Waals surface area (Å²) < 4.78 is 0. The minimum absolute atomic E-state index is 0.0887. The van der Waals surface area contributed by atoms with Gasteiger partial charge in [-0.25, -0.2) is 4.98 Å². The summed E-state index contributed by atoms with van der Waals surface area (Å²) in [6, 6.07) is 14.1. The average Bonchev–Trinajstić information content (AvgIpc) is 3.17. The quantitative estimate of drug-likeness (QED) is 0.532. The lowest BCUT2D eigenvalue weighted by molar-refractivity contribution is -0.131. The fourth-order valence-electron chi connectivity index (χ4n) is 2.34. The smallest absolute Gasteiger partial charge is 0.244 e. The number of hydrogen-bond acceptors (Lipinski definition) is 5. The number of anilines is 1. The lowest BCUT2D eigenvalue weighted by Crippen LogP contribution is -2.36. The summed E-state index contributed by atoms with van der Waals surface area (Å²) in [4.78, 5) is 30.1. The van der Waals surface area contributed by atoms with Gasteiger partial charge in [-0.2, -0.15) is 0 Å². The zero-order valence-corrected chi connectivity index (χ0v) is 17.7. The maximum atomic E-state index is 12.3. The number of carbonyl (C=O) groups excluding carboxylic acids is 2. The molecule has 0 aliphatic carbocycles. The Hall–Kier alpha value is -2.55. The average molecular weight is 450 g/mol. The normalized spacial score (nSPS) is 10.6. The van der Waals surface area contributed by atoms with Crippen molar-refractivity contribution in [1.82, 2.24) is 20.1 Å². The van der Waals surface area contributed by atoms with Crippen LogP contribution in [0.3, 0.4) is 0 Å². The number of nitrogens with one attached hydrogen (secondary N) is 2. The number of H-pyrrole nitrogens is 1. The van der Waals surface area contributed by atoms with Gasteiger partial charge in [-0.3, -0.25) is 14.7 Å². The van der Waals surface area contributed by atoms with Crippen LogP contribution in [-0.4, -0.2) is 51.2 Å². The van der Waals surface area contributed by atoms with Gasteiger partial charge in [0.1, 0.15) is 0 Å². The van der Waals surface area contributed by atoms with E-state index in [0.717, 1.165) is 5.56 Å². The van der Waals surface area contributed by atoms with E-state index < -0.39 is 0 Å². The molecule has 0 atom stereocenters. The Kier molecular flexibility index (Phi) is 7.13. The number of aromatic nitrogens is 3. The third-order valence-corrected chi connectivity index (χ3v) is 5.28. The summed E-state index contributed by atoms with van der Waals surface area (Å²) in [6.07, 6.45) is 0. The third kappa shape index (κ3) is 5.96. The molecule has 1 aromatic heterocycles. The van der Waals surface area contributed by atoms with Gasteiger partial charge >= 0.3 is 0 Å². The molecule has 0 spiro atoms. The van der Waals surface area contributed by atoms with Gasteiger partial charge in [0.05, 0.1) is 23.0 Å². The van der Waals surface area contributed by atoms with E-state index in [1.165, 1.54) is 16.7 Å². The van der Waals surface area contributed by atoms with E-state index in [1.807, 2.05) is 12.1 Å². The minimum atomic E-state index is -0.332. The maximum absolute atomic E-state index is 12.3. The van der Waals surface area contributed by atoms with Gasteiger partial charge in [-0.15, -0.1) is 5.10 Å². The molecule has 2 aromatic carbocycles. The third-order valence-electron chi connectivity index (χ3n) is 3.86. The first-order chi connectivity index (χ1) is 13.9. The maximum Gasteiger partial charge on any atom is 0.244 e. The lowest BCUT2D eigenvalue weighted by Gasteiger charge is -2.16. The number of amides is 2. The van der Waals surface area contributed by atoms with Crippen LogP contribution in [0.1, 0.15) is 0 Å². The molecule has 0 aliphatic rings. The zero-order valence-electron chi connectivity index (χ0n) is 15.4. The molecule has 0 unspecified atom stereocenters. The standard InChI is InChI=1S/C19H17Cl2N5O2S/c1-26(10-16(27)22-15-5-3-2-4-14(15)21)17(28)11-29-19-23-18(24-25-19)12-6-8-13(20)9-7-12/h2-9H,10-11H2,1H3,(H,22,27)(H,23,24,25). The predicted molar refractivity (Wildman–Crippen MR) is 115 cm³/mol. The summed E-state index contributed by atoms with van der Waals surface area (Å²) in [5.41, 5.74) is 1.35. The number of likely N-dealkylation sites (N-methyl/N-ethyl adjacent to an activating group) is 1. The Morgan fingerprint density at radius 1 is 1.14 bits per heavy atom. The summed E-state index contributed by atoms with van der Waals surface area (Å²) >= 11 is 13.1. The number of benzene rings is 2. The summed E-state index contributed by atoms with van der Waals surface area (Å²) in [5.74, 6) is 0.140. The second kappa shape index (κ2) is 9.78. The van der Waals surface area contributed by atoms with Crippen LogP contribution < -0.4 is 5.32 Å². The largest absolute Gasteiger partial charge is 0.336 e. The topological polar surface area (TPSA) is 91.0 Å². The summed E-state index contributed by atoms with van der Waals surface area (Å²) in [5, 5.41) is 11.1. The minimum Gasteiger partial charge on any atom is -0.336 e. The number of thioether (sulfide) groups is 1. The number of hydrogen-bond donors (Lipinski definition) is 2. The fourth-order valence-corrected chi connectivity index (χ4v) is 3.39. The Labute approximate surface area is 181 Å². The van der Waals surface area contributed by atoms with Crippen molar-refractivity contribution < 1.29 is 9.59 Å². The molecular formula is C19H17Cl2N5O2S. The van der Waals surface area contributed by atoms with Crippen molar-refractivity contribution in [2.45, 2.75) is 5.16 Å². The summed E-state index contributed by atoms with van der Waals surface area (Å²) in [7, 11) is 1.56. The highest BCUT2D eigenvalue weighted by Gasteiger charge is 2.15. The van der Waals surface area contributed by atoms with Crippen molar-refractivity contribution >= 4 is 52.5 Å².